The molecule has 1 unspecified atom stereocenters. The average Bonchev–Trinajstić information content (AvgIpc) is 2.24. The van der Waals surface area contributed by atoms with Gasteiger partial charge in [0.15, 0.2) is 0 Å². The van der Waals surface area contributed by atoms with Gasteiger partial charge in [0.2, 0.25) is 5.91 Å². The summed E-state index contributed by atoms with van der Waals surface area (Å²) in [4.78, 5) is 17.4. The first-order valence-electron chi connectivity index (χ1n) is 5.18. The monoisotopic (exact) mass is 205 g/mol. The van der Waals surface area contributed by atoms with E-state index in [1.54, 1.807) is 12.4 Å². The zero-order chi connectivity index (χ0) is 10.7. The van der Waals surface area contributed by atoms with Crippen molar-refractivity contribution >= 4 is 5.91 Å². The number of carbonyl (C=O) groups excluding carboxylic acids is 1. The van der Waals surface area contributed by atoms with Gasteiger partial charge >= 0.3 is 0 Å². The van der Waals surface area contributed by atoms with E-state index in [1.165, 1.54) is 0 Å². The van der Waals surface area contributed by atoms with Crippen molar-refractivity contribution in [3.05, 3.63) is 30.1 Å². The van der Waals surface area contributed by atoms with Crippen LogP contribution in [0.15, 0.2) is 24.5 Å². The molecule has 1 aromatic rings. The number of piperidine rings is 1. The lowest BCUT2D eigenvalue weighted by atomic mass is 10.0. The van der Waals surface area contributed by atoms with Gasteiger partial charge in [0.05, 0.1) is 0 Å². The fourth-order valence-corrected chi connectivity index (χ4v) is 1.78. The number of carbonyl (C=O) groups is 1. The van der Waals surface area contributed by atoms with Crippen LogP contribution in [0.25, 0.3) is 0 Å². The van der Waals surface area contributed by atoms with Gasteiger partial charge in [-0.25, -0.2) is 0 Å². The summed E-state index contributed by atoms with van der Waals surface area (Å²) in [6.45, 7) is 1.44. The standard InChI is InChI=1S/C11H15N3O/c12-10-3-6-14(11(15)7-10)8-9-1-4-13-5-2-9/h1-2,4-5,10H,3,6-8,12H2. The van der Waals surface area contributed by atoms with E-state index < -0.39 is 0 Å². The lowest BCUT2D eigenvalue weighted by molar-refractivity contribution is -0.134. The van der Waals surface area contributed by atoms with Crippen LogP contribution in [-0.2, 0) is 11.3 Å². The lowest BCUT2D eigenvalue weighted by Gasteiger charge is -2.30. The van der Waals surface area contributed by atoms with Crippen LogP contribution < -0.4 is 5.73 Å². The van der Waals surface area contributed by atoms with Crippen molar-refractivity contribution in [1.29, 1.82) is 0 Å². The van der Waals surface area contributed by atoms with Crippen LogP contribution in [0.4, 0.5) is 0 Å². The molecule has 0 aliphatic carbocycles. The molecule has 2 rings (SSSR count). The summed E-state index contributed by atoms with van der Waals surface area (Å²) in [6, 6.07) is 3.91. The first-order chi connectivity index (χ1) is 7.25. The van der Waals surface area contributed by atoms with E-state index in [0.29, 0.717) is 13.0 Å². The van der Waals surface area contributed by atoms with E-state index in [-0.39, 0.29) is 11.9 Å². The second-order valence-corrected chi connectivity index (χ2v) is 3.92. The normalized spacial score (nSPS) is 21.8. The van der Waals surface area contributed by atoms with Gasteiger partial charge < -0.3 is 10.6 Å². The van der Waals surface area contributed by atoms with E-state index in [2.05, 4.69) is 4.98 Å². The summed E-state index contributed by atoms with van der Waals surface area (Å²) >= 11 is 0. The van der Waals surface area contributed by atoms with Crippen LogP contribution in [0, 0.1) is 0 Å². The van der Waals surface area contributed by atoms with Gasteiger partial charge in [0.25, 0.3) is 0 Å². The lowest BCUT2D eigenvalue weighted by Crippen LogP contribution is -2.43. The number of hydrogen-bond donors (Lipinski definition) is 1. The largest absolute Gasteiger partial charge is 0.338 e. The van der Waals surface area contributed by atoms with Crippen LogP contribution in [0.3, 0.4) is 0 Å². The summed E-state index contributed by atoms with van der Waals surface area (Å²) < 4.78 is 0. The quantitative estimate of drug-likeness (QED) is 0.766. The average molecular weight is 205 g/mol. The molecule has 1 aliphatic rings. The highest BCUT2D eigenvalue weighted by Crippen LogP contribution is 2.13. The maximum Gasteiger partial charge on any atom is 0.224 e. The first kappa shape index (κ1) is 10.1. The second kappa shape index (κ2) is 4.40. The summed E-state index contributed by atoms with van der Waals surface area (Å²) in [5, 5.41) is 0. The maximum atomic E-state index is 11.6. The van der Waals surface area contributed by atoms with Crippen molar-refractivity contribution in [1.82, 2.24) is 9.88 Å². The van der Waals surface area contributed by atoms with Crippen molar-refractivity contribution in [2.24, 2.45) is 5.73 Å². The third kappa shape index (κ3) is 2.53. The molecule has 2 heterocycles. The van der Waals surface area contributed by atoms with Gasteiger partial charge in [-0.2, -0.15) is 0 Å². The summed E-state index contributed by atoms with van der Waals surface area (Å²) in [5.41, 5.74) is 6.84. The molecule has 0 bridgehead atoms. The Balaban J connectivity index is 1.98. The van der Waals surface area contributed by atoms with E-state index in [0.717, 1.165) is 18.5 Å². The molecule has 0 saturated carbocycles. The van der Waals surface area contributed by atoms with Gasteiger partial charge in [0.1, 0.15) is 0 Å². The molecule has 0 aromatic carbocycles. The minimum Gasteiger partial charge on any atom is -0.338 e. The molecule has 1 amide bonds. The number of rotatable bonds is 2. The van der Waals surface area contributed by atoms with Gasteiger partial charge in [-0.3, -0.25) is 9.78 Å². The van der Waals surface area contributed by atoms with E-state index in [4.69, 9.17) is 5.73 Å². The van der Waals surface area contributed by atoms with E-state index >= 15 is 0 Å². The van der Waals surface area contributed by atoms with Crippen molar-refractivity contribution in [2.75, 3.05) is 6.54 Å². The van der Waals surface area contributed by atoms with Gasteiger partial charge in [0, 0.05) is 37.9 Å². The molecule has 15 heavy (non-hydrogen) atoms. The Kier molecular flexibility index (Phi) is 2.97. The Morgan fingerprint density at radius 3 is 2.87 bits per heavy atom. The first-order valence-corrected chi connectivity index (χ1v) is 5.18. The van der Waals surface area contributed by atoms with Gasteiger partial charge in [-0.05, 0) is 24.1 Å². The minimum atomic E-state index is 0.0474. The molecular weight excluding hydrogens is 190 g/mol. The van der Waals surface area contributed by atoms with Crippen LogP contribution >= 0.6 is 0 Å². The summed E-state index contributed by atoms with van der Waals surface area (Å²) in [5.74, 6) is 0.158. The Morgan fingerprint density at radius 1 is 1.47 bits per heavy atom. The van der Waals surface area contributed by atoms with Crippen LogP contribution in [0.1, 0.15) is 18.4 Å². The molecule has 0 radical (unpaired) electrons. The van der Waals surface area contributed by atoms with Gasteiger partial charge in [-0.15, -0.1) is 0 Å². The Morgan fingerprint density at radius 2 is 2.20 bits per heavy atom. The highest BCUT2D eigenvalue weighted by Gasteiger charge is 2.22. The molecular formula is C11H15N3O. The summed E-state index contributed by atoms with van der Waals surface area (Å²) in [7, 11) is 0. The smallest absolute Gasteiger partial charge is 0.224 e. The third-order valence-electron chi connectivity index (χ3n) is 2.68. The highest BCUT2D eigenvalue weighted by molar-refractivity contribution is 5.77. The fraction of sp³-hybridized carbons (Fsp3) is 0.455. The summed E-state index contributed by atoms with van der Waals surface area (Å²) in [6.07, 6.45) is 4.87. The predicted molar refractivity (Wildman–Crippen MR) is 56.9 cm³/mol. The van der Waals surface area contributed by atoms with E-state index in [9.17, 15) is 4.79 Å². The molecule has 1 fully saturated rings. The third-order valence-corrected chi connectivity index (χ3v) is 2.68. The van der Waals surface area contributed by atoms with Crippen molar-refractivity contribution < 1.29 is 4.79 Å². The molecule has 0 spiro atoms. The number of aromatic nitrogens is 1. The second-order valence-electron chi connectivity index (χ2n) is 3.92. The molecule has 4 heteroatoms. The number of nitrogens with zero attached hydrogens (tertiary/aromatic N) is 2. The fourth-order valence-electron chi connectivity index (χ4n) is 1.78. The maximum absolute atomic E-state index is 11.6. The zero-order valence-corrected chi connectivity index (χ0v) is 8.60. The highest BCUT2D eigenvalue weighted by atomic mass is 16.2. The van der Waals surface area contributed by atoms with Crippen LogP contribution in [-0.4, -0.2) is 28.4 Å². The minimum absolute atomic E-state index is 0.0474. The zero-order valence-electron chi connectivity index (χ0n) is 8.60. The molecule has 1 aliphatic heterocycles. The SMILES string of the molecule is NC1CCN(Cc2ccncc2)C(=O)C1. The number of amides is 1. The molecule has 2 N–H and O–H groups in total. The number of likely N-dealkylation sites (tertiary alicyclic amines) is 1. The van der Waals surface area contributed by atoms with Crippen molar-refractivity contribution in [2.45, 2.75) is 25.4 Å². The predicted octanol–water partition coefficient (Wildman–Crippen LogP) is 0.531. The molecule has 1 saturated heterocycles. The van der Waals surface area contributed by atoms with Crippen LogP contribution in [0.2, 0.25) is 0 Å². The van der Waals surface area contributed by atoms with E-state index in [1.807, 2.05) is 17.0 Å². The van der Waals surface area contributed by atoms with Crippen molar-refractivity contribution in [3.63, 3.8) is 0 Å². The topological polar surface area (TPSA) is 59.2 Å². The van der Waals surface area contributed by atoms with Gasteiger partial charge in [-0.1, -0.05) is 0 Å². The molecule has 80 valence electrons. The Bertz CT molecular complexity index is 339. The molecule has 4 nitrogen and oxygen atoms in total. The molecule has 1 atom stereocenters. The van der Waals surface area contributed by atoms with Crippen molar-refractivity contribution in [3.8, 4) is 0 Å². The Labute approximate surface area is 89.1 Å². The van der Waals surface area contributed by atoms with Crippen LogP contribution in [0.5, 0.6) is 0 Å². The number of hydrogen-bond acceptors (Lipinski definition) is 3. The number of nitrogens with two attached hydrogens (primary N) is 1. The number of pyridine rings is 1. The molecule has 1 aromatic heterocycles. The Hall–Kier alpha value is -1.42.